The van der Waals surface area contributed by atoms with E-state index in [-0.39, 0.29) is 0 Å². The van der Waals surface area contributed by atoms with Crippen molar-refractivity contribution in [2.45, 2.75) is 13.8 Å². The third-order valence-electron chi connectivity index (χ3n) is 3.21. The van der Waals surface area contributed by atoms with Crippen LogP contribution in [0.4, 0.5) is 11.4 Å². The molecular formula is C16H19ClN2O2. The highest BCUT2D eigenvalue weighted by molar-refractivity contribution is 6.32. The van der Waals surface area contributed by atoms with E-state index in [2.05, 4.69) is 0 Å². The number of halogens is 1. The third kappa shape index (κ3) is 3.52. The lowest BCUT2D eigenvalue weighted by molar-refractivity contribution is 0.218. The highest BCUT2D eigenvalue weighted by atomic mass is 35.5. The molecule has 0 heterocycles. The quantitative estimate of drug-likeness (QED) is 0.654. The third-order valence-corrected chi connectivity index (χ3v) is 3.79. The van der Waals surface area contributed by atoms with Crippen LogP contribution < -0.4 is 20.9 Å². The molecule has 0 unspecified atom stereocenters. The summed E-state index contributed by atoms with van der Waals surface area (Å²) in [6.07, 6.45) is 0. The fraction of sp³-hybridized carbons (Fsp3) is 0.250. The second-order valence-corrected chi connectivity index (χ2v) is 5.16. The molecule has 4 N–H and O–H groups in total. The number of ether oxygens (including phenoxy) is 2. The van der Waals surface area contributed by atoms with Crippen molar-refractivity contribution in [2.24, 2.45) is 0 Å². The Labute approximate surface area is 129 Å². The van der Waals surface area contributed by atoms with Crippen LogP contribution in [0.2, 0.25) is 5.02 Å². The molecule has 0 aromatic heterocycles. The van der Waals surface area contributed by atoms with E-state index >= 15 is 0 Å². The Hall–Kier alpha value is -2.07. The van der Waals surface area contributed by atoms with Crippen molar-refractivity contribution in [3.8, 4) is 11.5 Å². The van der Waals surface area contributed by atoms with Gasteiger partial charge in [0.1, 0.15) is 24.7 Å². The molecule has 0 aliphatic carbocycles. The van der Waals surface area contributed by atoms with Crippen LogP contribution in [0.25, 0.3) is 0 Å². The number of benzene rings is 2. The zero-order valence-corrected chi connectivity index (χ0v) is 12.9. The number of nitrogens with two attached hydrogens (primary N) is 2. The number of rotatable bonds is 5. The molecule has 0 radical (unpaired) electrons. The zero-order chi connectivity index (χ0) is 15.4. The van der Waals surface area contributed by atoms with E-state index in [0.717, 1.165) is 11.1 Å². The van der Waals surface area contributed by atoms with Crippen molar-refractivity contribution in [1.82, 2.24) is 0 Å². The van der Waals surface area contributed by atoms with Gasteiger partial charge in [0.2, 0.25) is 0 Å². The molecule has 112 valence electrons. The van der Waals surface area contributed by atoms with Gasteiger partial charge in [-0.25, -0.2) is 0 Å². The van der Waals surface area contributed by atoms with Gasteiger partial charge in [0, 0.05) is 5.02 Å². The number of nitrogen functional groups attached to an aromatic ring is 2. The van der Waals surface area contributed by atoms with Crippen LogP contribution in [0, 0.1) is 13.8 Å². The second-order valence-electron chi connectivity index (χ2n) is 4.78. The SMILES string of the molecule is Cc1cc(OCCOc2ccccc2N)c(N)c(C)c1Cl. The van der Waals surface area contributed by atoms with Crippen LogP contribution in [0.5, 0.6) is 11.5 Å². The van der Waals surface area contributed by atoms with Gasteiger partial charge in [-0.3, -0.25) is 0 Å². The number of aryl methyl sites for hydroxylation is 1. The number of hydrogen-bond acceptors (Lipinski definition) is 4. The summed E-state index contributed by atoms with van der Waals surface area (Å²) >= 11 is 6.14. The highest BCUT2D eigenvalue weighted by Crippen LogP contribution is 2.33. The van der Waals surface area contributed by atoms with Gasteiger partial charge >= 0.3 is 0 Å². The van der Waals surface area contributed by atoms with Gasteiger partial charge in [-0.05, 0) is 43.2 Å². The minimum atomic E-state index is 0.374. The van der Waals surface area contributed by atoms with Crippen LogP contribution in [0.1, 0.15) is 11.1 Å². The van der Waals surface area contributed by atoms with Crippen LogP contribution in [0.15, 0.2) is 30.3 Å². The summed E-state index contributed by atoms with van der Waals surface area (Å²) in [5.41, 5.74) is 14.7. The van der Waals surface area contributed by atoms with Crippen LogP contribution >= 0.6 is 11.6 Å². The maximum Gasteiger partial charge on any atom is 0.143 e. The first-order valence-corrected chi connectivity index (χ1v) is 7.03. The molecule has 21 heavy (non-hydrogen) atoms. The fourth-order valence-corrected chi connectivity index (χ4v) is 2.13. The predicted octanol–water partition coefficient (Wildman–Crippen LogP) is 3.58. The first kappa shape index (κ1) is 15.3. The Bertz CT molecular complexity index is 644. The minimum absolute atomic E-state index is 0.374. The summed E-state index contributed by atoms with van der Waals surface area (Å²) in [6, 6.07) is 9.18. The van der Waals surface area contributed by atoms with Gasteiger partial charge < -0.3 is 20.9 Å². The van der Waals surface area contributed by atoms with Gasteiger partial charge in [-0.1, -0.05) is 23.7 Å². The molecule has 0 atom stereocenters. The molecule has 4 nitrogen and oxygen atoms in total. The summed E-state index contributed by atoms with van der Waals surface area (Å²) in [6.45, 7) is 4.55. The number of anilines is 2. The maximum absolute atomic E-state index is 6.14. The van der Waals surface area contributed by atoms with Crippen molar-refractivity contribution < 1.29 is 9.47 Å². The van der Waals surface area contributed by atoms with Gasteiger partial charge in [0.05, 0.1) is 11.4 Å². The Kier molecular flexibility index (Phi) is 4.81. The Balaban J connectivity index is 1.94. The van der Waals surface area contributed by atoms with Crippen LogP contribution in [-0.2, 0) is 0 Å². The normalized spacial score (nSPS) is 10.4. The van der Waals surface area contributed by atoms with Crippen LogP contribution in [-0.4, -0.2) is 13.2 Å². The van der Waals surface area contributed by atoms with E-state index in [0.29, 0.717) is 41.1 Å². The molecule has 2 aromatic rings. The molecule has 2 aromatic carbocycles. The lowest BCUT2D eigenvalue weighted by Gasteiger charge is -2.14. The van der Waals surface area contributed by atoms with Crippen molar-refractivity contribution in [1.29, 1.82) is 0 Å². The van der Waals surface area contributed by atoms with Gasteiger partial charge in [0.15, 0.2) is 0 Å². The molecular weight excluding hydrogens is 288 g/mol. The summed E-state index contributed by atoms with van der Waals surface area (Å²) in [7, 11) is 0. The monoisotopic (exact) mass is 306 g/mol. The molecule has 0 fully saturated rings. The Morgan fingerprint density at radius 1 is 1.00 bits per heavy atom. The average Bonchev–Trinajstić information content (AvgIpc) is 2.48. The molecule has 0 saturated carbocycles. The lowest BCUT2D eigenvalue weighted by Crippen LogP contribution is -2.11. The summed E-state index contributed by atoms with van der Waals surface area (Å²) in [4.78, 5) is 0. The molecule has 0 aliphatic heterocycles. The van der Waals surface area contributed by atoms with Crippen LogP contribution in [0.3, 0.4) is 0 Å². The van der Waals surface area contributed by atoms with E-state index in [1.807, 2.05) is 38.1 Å². The van der Waals surface area contributed by atoms with E-state index < -0.39 is 0 Å². The van der Waals surface area contributed by atoms with E-state index in [4.69, 9.17) is 32.5 Å². The lowest BCUT2D eigenvalue weighted by atomic mass is 10.1. The number of para-hydroxylation sites is 2. The van der Waals surface area contributed by atoms with E-state index in [1.54, 1.807) is 6.07 Å². The topological polar surface area (TPSA) is 70.5 Å². The first-order chi connectivity index (χ1) is 10.0. The van der Waals surface area contributed by atoms with E-state index in [1.165, 1.54) is 0 Å². The van der Waals surface area contributed by atoms with E-state index in [9.17, 15) is 0 Å². The van der Waals surface area contributed by atoms with Crippen molar-refractivity contribution in [3.05, 3.63) is 46.5 Å². The summed E-state index contributed by atoms with van der Waals surface area (Å²) < 4.78 is 11.2. The average molecular weight is 307 g/mol. The highest BCUT2D eigenvalue weighted by Gasteiger charge is 2.10. The second kappa shape index (κ2) is 6.59. The van der Waals surface area contributed by atoms with Gasteiger partial charge in [-0.15, -0.1) is 0 Å². The largest absolute Gasteiger partial charge is 0.488 e. The van der Waals surface area contributed by atoms with Crippen molar-refractivity contribution in [2.75, 3.05) is 24.7 Å². The molecule has 0 amide bonds. The van der Waals surface area contributed by atoms with Crippen molar-refractivity contribution in [3.63, 3.8) is 0 Å². The minimum Gasteiger partial charge on any atom is -0.488 e. The smallest absolute Gasteiger partial charge is 0.143 e. The fourth-order valence-electron chi connectivity index (χ4n) is 1.97. The molecule has 0 spiro atoms. The Morgan fingerprint density at radius 2 is 1.62 bits per heavy atom. The standard InChI is InChI=1S/C16H19ClN2O2/c1-10-9-14(16(19)11(2)15(10)17)21-8-7-20-13-6-4-3-5-12(13)18/h3-6,9H,7-8,18-19H2,1-2H3. The molecule has 0 bridgehead atoms. The molecule has 0 aliphatic rings. The predicted molar refractivity (Wildman–Crippen MR) is 87.2 cm³/mol. The zero-order valence-electron chi connectivity index (χ0n) is 12.2. The van der Waals surface area contributed by atoms with Crippen molar-refractivity contribution >= 4 is 23.0 Å². The van der Waals surface area contributed by atoms with Gasteiger partial charge in [-0.2, -0.15) is 0 Å². The van der Waals surface area contributed by atoms with Gasteiger partial charge in [0.25, 0.3) is 0 Å². The molecule has 5 heteroatoms. The number of hydrogen-bond donors (Lipinski definition) is 2. The Morgan fingerprint density at radius 3 is 2.29 bits per heavy atom. The summed E-state index contributed by atoms with van der Waals surface area (Å²) in [5.74, 6) is 1.27. The maximum atomic E-state index is 6.14. The first-order valence-electron chi connectivity index (χ1n) is 6.66. The molecule has 2 rings (SSSR count). The molecule has 0 saturated heterocycles. The summed E-state index contributed by atoms with van der Waals surface area (Å²) in [5, 5.41) is 0.674.